The number of Topliss-reactive ketones (excluding diaryl/α,β-unsaturated/α-hetero) is 1. The fourth-order valence-corrected chi connectivity index (χ4v) is 5.50. The summed E-state index contributed by atoms with van der Waals surface area (Å²) in [6.45, 7) is 0.403. The molecule has 38 heavy (non-hydrogen) atoms. The van der Waals surface area contributed by atoms with Gasteiger partial charge in [0, 0.05) is 6.61 Å². The number of ketones is 1. The molecule has 0 radical (unpaired) electrons. The third-order valence-electron chi connectivity index (χ3n) is 6.30. The third-order valence-corrected chi connectivity index (χ3v) is 7.60. The van der Waals surface area contributed by atoms with Crippen LogP contribution in [-0.2, 0) is 41.7 Å². The molecule has 2 N–H and O–H groups in total. The molecule has 0 bridgehead atoms. The fourth-order valence-electron chi connectivity index (χ4n) is 4.22. The standard InChI is InChI=1S/C27H30N2O8S/c1-35-19-11-9-18(10-12-19)15-37-27(34)25(33)29-24(32)23(28-22(31)14-17-6-3-2-4-7-17)26(29)38-16-20(30)21-8-5-13-36-21/h2-4,6-7,9-12,21,23,25-26,33H,5,8,13-16H2,1H3,(H,28,31)/t21?,23-,25?,26-/m1/s1. The van der Waals surface area contributed by atoms with Crippen LogP contribution in [0.2, 0.25) is 0 Å². The molecule has 2 saturated heterocycles. The molecule has 4 rings (SSSR count). The molecule has 2 aromatic rings. The van der Waals surface area contributed by atoms with Crippen molar-refractivity contribution in [2.24, 2.45) is 0 Å². The summed E-state index contributed by atoms with van der Waals surface area (Å²) < 4.78 is 15.7. The normalized spacial score (nSPS) is 21.4. The maximum atomic E-state index is 13.0. The number of nitrogens with zero attached hydrogens (tertiary/aromatic N) is 1. The van der Waals surface area contributed by atoms with E-state index in [0.29, 0.717) is 24.3 Å². The summed E-state index contributed by atoms with van der Waals surface area (Å²) in [6, 6.07) is 14.9. The van der Waals surface area contributed by atoms with E-state index in [2.05, 4.69) is 5.32 Å². The van der Waals surface area contributed by atoms with Gasteiger partial charge in [-0.15, -0.1) is 11.8 Å². The van der Waals surface area contributed by atoms with E-state index in [1.165, 1.54) is 7.11 Å². The summed E-state index contributed by atoms with van der Waals surface area (Å²) >= 11 is 1.07. The number of aliphatic hydroxyl groups excluding tert-OH is 1. The summed E-state index contributed by atoms with van der Waals surface area (Å²) in [5.74, 6) is -1.54. The van der Waals surface area contributed by atoms with Crippen LogP contribution in [0.4, 0.5) is 0 Å². The molecule has 10 nitrogen and oxygen atoms in total. The second-order valence-electron chi connectivity index (χ2n) is 8.95. The monoisotopic (exact) mass is 542 g/mol. The average Bonchev–Trinajstić information content (AvgIpc) is 3.48. The molecule has 0 aromatic heterocycles. The molecular weight excluding hydrogens is 512 g/mol. The maximum Gasteiger partial charge on any atom is 0.356 e. The van der Waals surface area contributed by atoms with Gasteiger partial charge in [-0.3, -0.25) is 19.3 Å². The van der Waals surface area contributed by atoms with Crippen molar-refractivity contribution >= 4 is 35.3 Å². The molecule has 2 heterocycles. The number of rotatable bonds is 12. The van der Waals surface area contributed by atoms with E-state index >= 15 is 0 Å². The van der Waals surface area contributed by atoms with Gasteiger partial charge in [-0.25, -0.2) is 4.79 Å². The molecule has 4 atom stereocenters. The van der Waals surface area contributed by atoms with Crippen LogP contribution in [0.25, 0.3) is 0 Å². The van der Waals surface area contributed by atoms with Gasteiger partial charge in [0.2, 0.25) is 12.1 Å². The van der Waals surface area contributed by atoms with E-state index in [-0.39, 0.29) is 30.5 Å². The van der Waals surface area contributed by atoms with Gasteiger partial charge in [0.25, 0.3) is 5.91 Å². The number of hydrogen-bond acceptors (Lipinski definition) is 9. The van der Waals surface area contributed by atoms with Crippen molar-refractivity contribution in [1.82, 2.24) is 10.2 Å². The molecule has 11 heteroatoms. The minimum Gasteiger partial charge on any atom is -0.497 e. The fraction of sp³-hybridized carbons (Fsp3) is 0.407. The number of carbonyl (C=O) groups is 4. The van der Waals surface area contributed by atoms with Gasteiger partial charge in [0.05, 0.1) is 19.3 Å². The summed E-state index contributed by atoms with van der Waals surface area (Å²) in [5, 5.41) is 12.5. The van der Waals surface area contributed by atoms with Crippen molar-refractivity contribution < 1.29 is 38.5 Å². The zero-order chi connectivity index (χ0) is 27.1. The Labute approximate surface area is 224 Å². The van der Waals surface area contributed by atoms with Crippen LogP contribution in [0, 0.1) is 0 Å². The molecule has 0 saturated carbocycles. The van der Waals surface area contributed by atoms with E-state index in [1.54, 1.807) is 36.4 Å². The topological polar surface area (TPSA) is 131 Å². The summed E-state index contributed by atoms with van der Waals surface area (Å²) in [7, 11) is 1.54. The lowest BCUT2D eigenvalue weighted by Crippen LogP contribution is -2.73. The van der Waals surface area contributed by atoms with Crippen LogP contribution in [0.3, 0.4) is 0 Å². The van der Waals surface area contributed by atoms with Crippen LogP contribution < -0.4 is 10.1 Å². The minimum atomic E-state index is -1.89. The number of esters is 1. The van der Waals surface area contributed by atoms with Gasteiger partial charge < -0.3 is 24.6 Å². The first-order valence-corrected chi connectivity index (χ1v) is 13.3. The van der Waals surface area contributed by atoms with Crippen molar-refractivity contribution in [1.29, 1.82) is 0 Å². The van der Waals surface area contributed by atoms with E-state index in [9.17, 15) is 24.3 Å². The highest BCUT2D eigenvalue weighted by atomic mass is 32.2. The molecular formula is C27H30N2O8S. The van der Waals surface area contributed by atoms with Crippen LogP contribution in [-0.4, -0.2) is 76.8 Å². The number of nitrogens with one attached hydrogen (secondary N) is 1. The Morgan fingerprint density at radius 1 is 1.13 bits per heavy atom. The molecule has 202 valence electrons. The van der Waals surface area contributed by atoms with Gasteiger partial charge in [-0.1, -0.05) is 42.5 Å². The molecule has 0 spiro atoms. The van der Waals surface area contributed by atoms with E-state index in [0.717, 1.165) is 28.6 Å². The third kappa shape index (κ3) is 6.72. The number of methoxy groups -OCH3 is 1. The molecule has 2 unspecified atom stereocenters. The van der Waals surface area contributed by atoms with Crippen molar-refractivity contribution in [3.05, 3.63) is 65.7 Å². The zero-order valence-corrected chi connectivity index (χ0v) is 21.7. The molecule has 2 aromatic carbocycles. The first kappa shape index (κ1) is 27.6. The van der Waals surface area contributed by atoms with Crippen molar-refractivity contribution in [2.75, 3.05) is 19.5 Å². The number of thioether (sulfide) groups is 1. The first-order valence-electron chi connectivity index (χ1n) is 12.3. The summed E-state index contributed by atoms with van der Waals surface area (Å²) in [5.41, 5.74) is 1.44. The Bertz CT molecular complexity index is 1140. The lowest BCUT2D eigenvalue weighted by atomic mass is 10.1. The van der Waals surface area contributed by atoms with Crippen molar-refractivity contribution in [3.8, 4) is 5.75 Å². The Morgan fingerprint density at radius 3 is 2.53 bits per heavy atom. The Kier molecular flexibility index (Phi) is 9.38. The second kappa shape index (κ2) is 12.9. The predicted molar refractivity (Wildman–Crippen MR) is 138 cm³/mol. The molecule has 2 fully saturated rings. The maximum absolute atomic E-state index is 13.0. The van der Waals surface area contributed by atoms with Crippen LogP contribution in [0.15, 0.2) is 54.6 Å². The SMILES string of the molecule is COc1ccc(COC(=O)C(O)N2C(=O)[C@@H](NC(=O)Cc3ccccc3)[C@H]2SCC(=O)C2CCCO2)cc1. The number of benzene rings is 2. The number of likely N-dealkylation sites (tertiary alicyclic amines) is 1. The van der Waals surface area contributed by atoms with Crippen LogP contribution in [0.1, 0.15) is 24.0 Å². The summed E-state index contributed by atoms with van der Waals surface area (Å²) in [4.78, 5) is 51.7. The smallest absolute Gasteiger partial charge is 0.356 e. The van der Waals surface area contributed by atoms with E-state index in [1.807, 2.05) is 18.2 Å². The number of carbonyl (C=O) groups excluding carboxylic acids is 4. The highest BCUT2D eigenvalue weighted by molar-refractivity contribution is 8.00. The van der Waals surface area contributed by atoms with E-state index in [4.69, 9.17) is 14.2 Å². The van der Waals surface area contributed by atoms with Gasteiger partial charge in [0.1, 0.15) is 29.9 Å². The van der Waals surface area contributed by atoms with Gasteiger partial charge >= 0.3 is 5.97 Å². The first-order chi connectivity index (χ1) is 18.4. The average molecular weight is 543 g/mol. The zero-order valence-electron chi connectivity index (χ0n) is 20.9. The number of hydrogen-bond donors (Lipinski definition) is 2. The Hall–Kier alpha value is -3.41. The Balaban J connectivity index is 1.39. The molecule has 0 aliphatic carbocycles. The highest BCUT2D eigenvalue weighted by Gasteiger charge is 2.53. The van der Waals surface area contributed by atoms with Crippen molar-refractivity contribution in [3.63, 3.8) is 0 Å². The number of ether oxygens (including phenoxy) is 3. The highest BCUT2D eigenvalue weighted by Crippen LogP contribution is 2.33. The largest absolute Gasteiger partial charge is 0.497 e. The van der Waals surface area contributed by atoms with Crippen LogP contribution in [0.5, 0.6) is 5.75 Å². The molecule has 2 aliphatic heterocycles. The van der Waals surface area contributed by atoms with Gasteiger partial charge in [-0.05, 0) is 36.1 Å². The number of β-lactam (4-membered cyclic amide) rings is 1. The minimum absolute atomic E-state index is 0.00220. The number of amides is 2. The predicted octanol–water partition coefficient (Wildman–Crippen LogP) is 1.43. The molecule has 2 amide bonds. The lowest BCUT2D eigenvalue weighted by molar-refractivity contribution is -0.182. The Morgan fingerprint density at radius 2 is 1.87 bits per heavy atom. The second-order valence-corrected chi connectivity index (χ2v) is 10.1. The van der Waals surface area contributed by atoms with E-state index < -0.39 is 35.6 Å². The lowest BCUT2D eigenvalue weighted by Gasteiger charge is -2.47. The quantitative estimate of drug-likeness (QED) is 0.302. The molecule has 2 aliphatic rings. The van der Waals surface area contributed by atoms with Gasteiger partial charge in [0.15, 0.2) is 5.78 Å². The number of aliphatic hydroxyl groups is 1. The van der Waals surface area contributed by atoms with Crippen molar-refractivity contribution in [2.45, 2.75) is 49.6 Å². The van der Waals surface area contributed by atoms with Gasteiger partial charge in [-0.2, -0.15) is 0 Å². The van der Waals surface area contributed by atoms with Crippen LogP contribution >= 0.6 is 11.8 Å². The summed E-state index contributed by atoms with van der Waals surface area (Å²) in [6.07, 6.45) is -0.907.